The molecule has 0 bridgehead atoms. The van der Waals surface area contributed by atoms with Crippen molar-refractivity contribution in [2.75, 3.05) is 11.1 Å². The van der Waals surface area contributed by atoms with Gasteiger partial charge in [-0.25, -0.2) is 5.43 Å². The lowest BCUT2D eigenvalue weighted by Crippen LogP contribution is -2.33. The minimum Gasteiger partial charge on any atom is -0.320 e. The van der Waals surface area contributed by atoms with E-state index in [2.05, 4.69) is 31.0 Å². The summed E-state index contributed by atoms with van der Waals surface area (Å²) in [5.41, 5.74) is 3.08. The quantitative estimate of drug-likeness (QED) is 0.675. The molecule has 134 valence electrons. The molecule has 10 heteroatoms. The van der Waals surface area contributed by atoms with Gasteiger partial charge in [0, 0.05) is 18.4 Å². The Morgan fingerprint density at radius 2 is 2.04 bits per heavy atom. The van der Waals surface area contributed by atoms with Crippen LogP contribution in [0.1, 0.15) is 19.8 Å². The maximum absolute atomic E-state index is 12.4. The minimum absolute atomic E-state index is 0.111. The first-order valence-corrected chi connectivity index (χ1v) is 8.93. The van der Waals surface area contributed by atoms with Gasteiger partial charge in [-0.05, 0) is 11.8 Å². The molecule has 0 atom stereocenters. The number of thioether (sulfide) groups is 1. The molecule has 2 amide bonds. The fourth-order valence-electron chi connectivity index (χ4n) is 2.33. The number of aromatic amines is 1. The monoisotopic (exact) mass is 372 g/mol. The largest absolute Gasteiger partial charge is 0.320 e. The van der Waals surface area contributed by atoms with Crippen molar-refractivity contribution in [3.05, 3.63) is 34.6 Å². The third-order valence-electron chi connectivity index (χ3n) is 3.55. The van der Waals surface area contributed by atoms with Crippen LogP contribution in [0.4, 0.5) is 5.69 Å². The number of para-hydroxylation sites is 1. The Morgan fingerprint density at radius 1 is 1.23 bits per heavy atom. The number of nitrogens with one attached hydrogen (secondary N) is 3. The zero-order valence-electron chi connectivity index (χ0n) is 13.9. The Labute approximate surface area is 152 Å². The van der Waals surface area contributed by atoms with Crippen molar-refractivity contribution in [1.29, 1.82) is 0 Å². The number of nitrogens with zero attached hydrogens (tertiary/aromatic N) is 3. The Bertz CT molecular complexity index is 940. The van der Waals surface area contributed by atoms with E-state index in [1.807, 2.05) is 6.92 Å². The predicted molar refractivity (Wildman–Crippen MR) is 97.9 cm³/mol. The number of hydrogen-bond acceptors (Lipinski definition) is 7. The molecule has 1 aromatic carbocycles. The zero-order valence-corrected chi connectivity index (χ0v) is 14.7. The van der Waals surface area contributed by atoms with Gasteiger partial charge in [-0.3, -0.25) is 19.4 Å². The maximum atomic E-state index is 12.4. The summed E-state index contributed by atoms with van der Waals surface area (Å²) in [5, 5.41) is 14.9. The highest BCUT2D eigenvalue weighted by atomic mass is 32.2. The maximum Gasteiger partial charge on any atom is 0.278 e. The molecule has 3 N–H and O–H groups in total. The van der Waals surface area contributed by atoms with Crippen molar-refractivity contribution in [2.45, 2.75) is 24.9 Å². The van der Waals surface area contributed by atoms with Crippen LogP contribution in [0.2, 0.25) is 0 Å². The molecule has 0 saturated heterocycles. The number of rotatable bonds is 5. The van der Waals surface area contributed by atoms with Gasteiger partial charge < -0.3 is 5.32 Å². The molecule has 0 unspecified atom stereocenters. The zero-order chi connectivity index (χ0) is 18.5. The van der Waals surface area contributed by atoms with Crippen molar-refractivity contribution >= 4 is 35.0 Å². The highest BCUT2D eigenvalue weighted by Gasteiger charge is 2.20. The Balaban J connectivity index is 1.88. The van der Waals surface area contributed by atoms with Gasteiger partial charge in [0.1, 0.15) is 5.71 Å². The van der Waals surface area contributed by atoms with Crippen molar-refractivity contribution in [1.82, 2.24) is 20.6 Å². The second-order valence-electron chi connectivity index (χ2n) is 5.33. The highest BCUT2D eigenvalue weighted by molar-refractivity contribution is 7.99. The van der Waals surface area contributed by atoms with E-state index in [1.54, 1.807) is 24.3 Å². The first-order chi connectivity index (χ1) is 12.6. The number of carbonyl (C=O) groups is 2. The number of anilines is 1. The van der Waals surface area contributed by atoms with Gasteiger partial charge in [0.2, 0.25) is 5.91 Å². The molecule has 0 saturated carbocycles. The summed E-state index contributed by atoms with van der Waals surface area (Å²) < 4.78 is 0. The third-order valence-corrected chi connectivity index (χ3v) is 4.30. The molecule has 1 aliphatic heterocycles. The van der Waals surface area contributed by atoms with Gasteiger partial charge in [-0.15, -0.1) is 10.2 Å². The van der Waals surface area contributed by atoms with E-state index in [0.29, 0.717) is 16.4 Å². The molecule has 0 spiro atoms. The number of hydrogen-bond donors (Lipinski definition) is 3. The molecule has 1 aliphatic rings. The number of amides is 2. The summed E-state index contributed by atoms with van der Waals surface area (Å²) in [5.74, 6) is 0.0868. The van der Waals surface area contributed by atoms with Crippen LogP contribution < -0.4 is 16.3 Å². The smallest absolute Gasteiger partial charge is 0.278 e. The van der Waals surface area contributed by atoms with E-state index in [9.17, 15) is 14.4 Å². The van der Waals surface area contributed by atoms with Crippen molar-refractivity contribution in [3.8, 4) is 11.3 Å². The van der Waals surface area contributed by atoms with E-state index in [1.165, 1.54) is 11.8 Å². The topological polar surface area (TPSA) is 129 Å². The summed E-state index contributed by atoms with van der Waals surface area (Å²) in [6, 6.07) is 6.79. The summed E-state index contributed by atoms with van der Waals surface area (Å²) in [4.78, 5) is 38.5. The lowest BCUT2D eigenvalue weighted by molar-refractivity contribution is -0.121. The predicted octanol–water partition coefficient (Wildman–Crippen LogP) is 1.15. The van der Waals surface area contributed by atoms with E-state index in [0.717, 1.165) is 5.75 Å². The van der Waals surface area contributed by atoms with Crippen LogP contribution >= 0.6 is 11.8 Å². The molecular weight excluding hydrogens is 356 g/mol. The Hall–Kier alpha value is -3.01. The van der Waals surface area contributed by atoms with E-state index in [-0.39, 0.29) is 35.7 Å². The van der Waals surface area contributed by atoms with Crippen molar-refractivity contribution in [2.24, 2.45) is 5.10 Å². The van der Waals surface area contributed by atoms with Gasteiger partial charge in [-0.1, -0.05) is 36.9 Å². The van der Waals surface area contributed by atoms with Crippen molar-refractivity contribution in [3.63, 3.8) is 0 Å². The Kier molecular flexibility index (Phi) is 5.42. The molecule has 26 heavy (non-hydrogen) atoms. The second kappa shape index (κ2) is 7.91. The SMILES string of the molecule is CCSc1nnc(-c2ccccc2NC(=O)C2=NNC(=O)CC2)c(=O)[nH]1. The fourth-order valence-corrected chi connectivity index (χ4v) is 2.87. The van der Waals surface area contributed by atoms with Crippen molar-refractivity contribution < 1.29 is 9.59 Å². The molecule has 0 radical (unpaired) electrons. The van der Waals surface area contributed by atoms with Crippen LogP contribution in [0.25, 0.3) is 11.3 Å². The van der Waals surface area contributed by atoms with Crippen LogP contribution in [-0.4, -0.2) is 38.5 Å². The van der Waals surface area contributed by atoms with Gasteiger partial charge in [0.05, 0.1) is 5.69 Å². The first-order valence-electron chi connectivity index (χ1n) is 7.94. The van der Waals surface area contributed by atoms with Crippen LogP contribution in [0.15, 0.2) is 39.3 Å². The molecular formula is C16H16N6O3S. The third kappa shape index (κ3) is 3.97. The Morgan fingerprint density at radius 3 is 2.73 bits per heavy atom. The first kappa shape index (κ1) is 17.8. The minimum atomic E-state index is -0.444. The summed E-state index contributed by atoms with van der Waals surface area (Å²) in [6.45, 7) is 1.94. The van der Waals surface area contributed by atoms with E-state index in [4.69, 9.17) is 0 Å². The number of hydrazone groups is 1. The highest BCUT2D eigenvalue weighted by Crippen LogP contribution is 2.24. The van der Waals surface area contributed by atoms with Gasteiger partial charge in [0.15, 0.2) is 10.9 Å². The van der Waals surface area contributed by atoms with Gasteiger partial charge in [-0.2, -0.15) is 5.10 Å². The standard InChI is InChI=1S/C16H16N6O3S/c1-2-26-16-18-15(25)13(21-22-16)9-5-3-4-6-10(9)17-14(24)11-7-8-12(23)20-19-11/h3-6H,2,7-8H2,1H3,(H,17,24)(H,20,23)(H,18,22,25). The number of carbonyl (C=O) groups excluding carboxylic acids is 2. The molecule has 0 fully saturated rings. The second-order valence-corrected chi connectivity index (χ2v) is 6.59. The summed E-state index contributed by atoms with van der Waals surface area (Å²) in [7, 11) is 0. The van der Waals surface area contributed by atoms with Crippen LogP contribution in [0, 0.1) is 0 Å². The average molecular weight is 372 g/mol. The average Bonchev–Trinajstić information content (AvgIpc) is 2.63. The lowest BCUT2D eigenvalue weighted by atomic mass is 10.1. The molecule has 0 aliphatic carbocycles. The lowest BCUT2D eigenvalue weighted by Gasteiger charge is -2.13. The summed E-state index contributed by atoms with van der Waals surface area (Å²) in [6.07, 6.45) is 0.457. The number of H-pyrrole nitrogens is 1. The van der Waals surface area contributed by atoms with Crippen LogP contribution in [-0.2, 0) is 9.59 Å². The molecule has 2 heterocycles. The van der Waals surface area contributed by atoms with Gasteiger partial charge >= 0.3 is 0 Å². The number of benzene rings is 1. The van der Waals surface area contributed by atoms with Crippen LogP contribution in [0.3, 0.4) is 0 Å². The molecule has 1 aromatic heterocycles. The van der Waals surface area contributed by atoms with E-state index < -0.39 is 5.91 Å². The van der Waals surface area contributed by atoms with Gasteiger partial charge in [0.25, 0.3) is 11.5 Å². The summed E-state index contributed by atoms with van der Waals surface area (Å²) >= 11 is 1.38. The molecule has 2 aromatic rings. The fraction of sp³-hybridized carbons (Fsp3) is 0.250. The normalized spacial score (nSPS) is 13.7. The number of aromatic nitrogens is 3. The van der Waals surface area contributed by atoms with Crippen LogP contribution in [0.5, 0.6) is 0 Å². The molecule has 9 nitrogen and oxygen atoms in total. The molecule has 3 rings (SSSR count). The van der Waals surface area contributed by atoms with E-state index >= 15 is 0 Å².